The van der Waals surface area contributed by atoms with Gasteiger partial charge in [0.1, 0.15) is 0 Å². The van der Waals surface area contributed by atoms with E-state index in [9.17, 15) is 0 Å². The van der Waals surface area contributed by atoms with Gasteiger partial charge >= 0.3 is 0 Å². The van der Waals surface area contributed by atoms with Crippen LogP contribution in [0.15, 0.2) is 88.8 Å². The molecule has 1 heterocycles. The molecule has 0 unspecified atom stereocenters. The van der Waals surface area contributed by atoms with Crippen LogP contribution in [-0.2, 0) is 6.54 Å². The second-order valence-corrected chi connectivity index (χ2v) is 5.99. The van der Waals surface area contributed by atoms with E-state index in [1.165, 1.54) is 11.1 Å². The largest absolute Gasteiger partial charge is 0.278 e. The van der Waals surface area contributed by atoms with Crippen LogP contribution < -0.4 is 0 Å². The van der Waals surface area contributed by atoms with Crippen LogP contribution in [0.5, 0.6) is 0 Å². The normalized spacial score (nSPS) is 13.5. The maximum Gasteiger partial charge on any atom is 0.0967 e. The number of fused-ring (bicyclic) bond motifs is 1. The first-order valence-electron chi connectivity index (χ1n) is 8.15. The summed E-state index contributed by atoms with van der Waals surface area (Å²) in [5, 5.41) is 0. The number of nitrogens with zero attached hydrogens (tertiary/aromatic N) is 2. The highest BCUT2D eigenvalue weighted by atomic mass is 14.9. The van der Waals surface area contributed by atoms with Gasteiger partial charge in [-0.05, 0) is 24.1 Å². The lowest BCUT2D eigenvalue weighted by atomic mass is 9.99. The molecule has 0 atom stereocenters. The monoisotopic (exact) mass is 310 g/mol. The van der Waals surface area contributed by atoms with E-state index in [1.54, 1.807) is 0 Å². The van der Waals surface area contributed by atoms with Gasteiger partial charge in [0.15, 0.2) is 0 Å². The third-order valence-corrected chi connectivity index (χ3v) is 4.20. The van der Waals surface area contributed by atoms with E-state index >= 15 is 0 Å². The van der Waals surface area contributed by atoms with E-state index in [2.05, 4.69) is 49.4 Å². The second-order valence-electron chi connectivity index (χ2n) is 5.99. The molecule has 1 aliphatic heterocycles. The Kier molecular flexibility index (Phi) is 3.80. The number of hydrogen-bond acceptors (Lipinski definition) is 2. The number of rotatable bonds is 2. The third kappa shape index (κ3) is 2.79. The Bertz CT molecular complexity index is 923. The zero-order chi connectivity index (χ0) is 16.4. The molecule has 0 saturated carbocycles. The molecule has 3 aromatic rings. The van der Waals surface area contributed by atoms with Crippen molar-refractivity contribution in [3.05, 3.63) is 101 Å². The first kappa shape index (κ1) is 14.6. The van der Waals surface area contributed by atoms with E-state index in [1.807, 2.05) is 36.4 Å². The third-order valence-electron chi connectivity index (χ3n) is 4.20. The summed E-state index contributed by atoms with van der Waals surface area (Å²) < 4.78 is 0. The van der Waals surface area contributed by atoms with Gasteiger partial charge in [-0.3, -0.25) is 4.99 Å². The van der Waals surface area contributed by atoms with Crippen molar-refractivity contribution in [3.63, 3.8) is 0 Å². The first-order chi connectivity index (χ1) is 11.8. The standard InChI is InChI=1S/C22H18N2/c1-16-12-13-19-15-23-21(17-8-4-2-5-9-17)22(24-20(19)14-16)18-10-6-3-7-11-18/h2-14H,15H2,1H3. The zero-order valence-corrected chi connectivity index (χ0v) is 13.6. The predicted octanol–water partition coefficient (Wildman–Crippen LogP) is 5.12. The summed E-state index contributed by atoms with van der Waals surface area (Å²) in [7, 11) is 0. The van der Waals surface area contributed by atoms with E-state index < -0.39 is 0 Å². The van der Waals surface area contributed by atoms with Crippen LogP contribution >= 0.6 is 0 Å². The fourth-order valence-electron chi connectivity index (χ4n) is 2.95. The molecule has 116 valence electrons. The molecule has 0 fully saturated rings. The number of aliphatic imine (C=N–C) groups is 2. The molecule has 3 aromatic carbocycles. The maximum atomic E-state index is 5.01. The summed E-state index contributed by atoms with van der Waals surface area (Å²) in [6.45, 7) is 2.75. The van der Waals surface area contributed by atoms with E-state index in [0.717, 1.165) is 28.2 Å². The van der Waals surface area contributed by atoms with Crippen LogP contribution in [0.25, 0.3) is 0 Å². The quantitative estimate of drug-likeness (QED) is 0.628. The molecule has 4 rings (SSSR count). The highest BCUT2D eigenvalue weighted by Crippen LogP contribution is 2.27. The van der Waals surface area contributed by atoms with Gasteiger partial charge in [0.05, 0.1) is 23.7 Å². The fraction of sp³-hybridized carbons (Fsp3) is 0.0909. The van der Waals surface area contributed by atoms with Crippen LogP contribution in [0, 0.1) is 6.92 Å². The lowest BCUT2D eigenvalue weighted by molar-refractivity contribution is 1.07. The summed E-state index contributed by atoms with van der Waals surface area (Å²) in [6, 6.07) is 27.0. The summed E-state index contributed by atoms with van der Waals surface area (Å²) in [5.74, 6) is 0. The van der Waals surface area contributed by atoms with Gasteiger partial charge in [-0.1, -0.05) is 72.8 Å². The Hall–Kier alpha value is -3.00. The first-order valence-corrected chi connectivity index (χ1v) is 8.15. The number of benzene rings is 3. The van der Waals surface area contributed by atoms with Gasteiger partial charge in [0.25, 0.3) is 0 Å². The maximum absolute atomic E-state index is 5.01. The molecule has 24 heavy (non-hydrogen) atoms. The predicted molar refractivity (Wildman–Crippen MR) is 101 cm³/mol. The van der Waals surface area contributed by atoms with Gasteiger partial charge in [0, 0.05) is 11.1 Å². The molecular weight excluding hydrogens is 292 g/mol. The molecule has 1 aliphatic rings. The zero-order valence-electron chi connectivity index (χ0n) is 13.6. The molecule has 0 N–H and O–H groups in total. The summed E-state index contributed by atoms with van der Waals surface area (Å²) in [6.07, 6.45) is 0. The molecule has 0 radical (unpaired) electrons. The Morgan fingerprint density at radius 3 is 2.00 bits per heavy atom. The molecule has 0 bridgehead atoms. The van der Waals surface area contributed by atoms with Crippen LogP contribution in [0.3, 0.4) is 0 Å². The smallest absolute Gasteiger partial charge is 0.0967 e. The van der Waals surface area contributed by atoms with Gasteiger partial charge < -0.3 is 0 Å². The van der Waals surface area contributed by atoms with Gasteiger partial charge in [0.2, 0.25) is 0 Å². The van der Waals surface area contributed by atoms with Crippen molar-refractivity contribution >= 4 is 17.1 Å². The molecule has 2 nitrogen and oxygen atoms in total. The van der Waals surface area contributed by atoms with Crippen LogP contribution in [0.4, 0.5) is 5.69 Å². The topological polar surface area (TPSA) is 24.7 Å². The SMILES string of the molecule is Cc1ccc2c(c1)N=C(c1ccccc1)C(c1ccccc1)=NC2. The summed E-state index contributed by atoms with van der Waals surface area (Å²) >= 11 is 0. The van der Waals surface area contributed by atoms with E-state index in [-0.39, 0.29) is 0 Å². The molecule has 0 aromatic heterocycles. The molecule has 0 aliphatic carbocycles. The molecule has 2 heteroatoms. The fourth-order valence-corrected chi connectivity index (χ4v) is 2.95. The number of hydrogen-bond donors (Lipinski definition) is 0. The summed E-state index contributed by atoms with van der Waals surface area (Å²) in [5.41, 5.74) is 7.48. The van der Waals surface area contributed by atoms with Crippen LogP contribution in [0.1, 0.15) is 22.3 Å². The molecule has 0 amide bonds. The highest BCUT2D eigenvalue weighted by molar-refractivity contribution is 6.54. The van der Waals surface area contributed by atoms with E-state index in [0.29, 0.717) is 6.54 Å². The Balaban J connectivity index is 1.93. The van der Waals surface area contributed by atoms with Crippen LogP contribution in [0.2, 0.25) is 0 Å². The molecular formula is C22H18N2. The van der Waals surface area contributed by atoms with Crippen LogP contribution in [-0.4, -0.2) is 11.4 Å². The summed E-state index contributed by atoms with van der Waals surface area (Å²) in [4.78, 5) is 9.92. The Labute approximate surface area is 142 Å². The Morgan fingerprint density at radius 2 is 1.33 bits per heavy atom. The van der Waals surface area contributed by atoms with E-state index in [4.69, 9.17) is 9.98 Å². The number of aryl methyl sites for hydroxylation is 1. The highest BCUT2D eigenvalue weighted by Gasteiger charge is 2.18. The van der Waals surface area contributed by atoms with Crippen molar-refractivity contribution in [2.75, 3.05) is 0 Å². The van der Waals surface area contributed by atoms with Crippen molar-refractivity contribution in [2.24, 2.45) is 9.98 Å². The van der Waals surface area contributed by atoms with Crippen molar-refractivity contribution < 1.29 is 0 Å². The van der Waals surface area contributed by atoms with Gasteiger partial charge in [-0.25, -0.2) is 4.99 Å². The average molecular weight is 310 g/mol. The lowest BCUT2D eigenvalue weighted by Crippen LogP contribution is -2.16. The average Bonchev–Trinajstić information content (AvgIpc) is 2.82. The minimum Gasteiger partial charge on any atom is -0.278 e. The van der Waals surface area contributed by atoms with Gasteiger partial charge in [-0.15, -0.1) is 0 Å². The lowest BCUT2D eigenvalue weighted by Gasteiger charge is -2.09. The van der Waals surface area contributed by atoms with Gasteiger partial charge in [-0.2, -0.15) is 0 Å². The minimum absolute atomic E-state index is 0.652. The second kappa shape index (κ2) is 6.25. The van der Waals surface area contributed by atoms with Crippen molar-refractivity contribution in [1.82, 2.24) is 0 Å². The van der Waals surface area contributed by atoms with Crippen molar-refractivity contribution in [2.45, 2.75) is 13.5 Å². The van der Waals surface area contributed by atoms with Crippen molar-refractivity contribution in [3.8, 4) is 0 Å². The minimum atomic E-state index is 0.652. The molecule has 0 saturated heterocycles. The Morgan fingerprint density at radius 1 is 0.708 bits per heavy atom. The molecule has 0 spiro atoms. The van der Waals surface area contributed by atoms with Crippen molar-refractivity contribution in [1.29, 1.82) is 0 Å².